The van der Waals surface area contributed by atoms with Crippen LogP contribution in [0.5, 0.6) is 0 Å². The van der Waals surface area contributed by atoms with Crippen LogP contribution in [0.2, 0.25) is 0 Å². The molecule has 0 saturated heterocycles. The monoisotopic (exact) mass is 225 g/mol. The van der Waals surface area contributed by atoms with Crippen LogP contribution in [0.15, 0.2) is 6.20 Å². The van der Waals surface area contributed by atoms with Gasteiger partial charge in [-0.1, -0.05) is 0 Å². The van der Waals surface area contributed by atoms with Crippen molar-refractivity contribution < 1.29 is 9.59 Å². The number of carbonyl (C=O) groups excluding carboxylic acids is 2. The first-order valence-corrected chi connectivity index (χ1v) is 4.83. The molecule has 7 nitrogen and oxygen atoms in total. The van der Waals surface area contributed by atoms with E-state index in [2.05, 4.69) is 20.8 Å². The molecule has 0 bridgehead atoms. The van der Waals surface area contributed by atoms with E-state index in [1.807, 2.05) is 6.92 Å². The number of nitrogens with zero attached hydrogens (tertiary/aromatic N) is 1. The molecule has 1 heterocycles. The Kier molecular flexibility index (Phi) is 3.87. The third kappa shape index (κ3) is 3.26. The van der Waals surface area contributed by atoms with E-state index in [1.165, 1.54) is 0 Å². The minimum Gasteiger partial charge on any atom is -0.352 e. The molecule has 1 aromatic rings. The lowest BCUT2D eigenvalue weighted by atomic mass is 10.2. The number of aryl methyl sites for hydroxylation is 1. The van der Waals surface area contributed by atoms with Gasteiger partial charge in [0.25, 0.3) is 0 Å². The van der Waals surface area contributed by atoms with Crippen molar-refractivity contribution in [1.29, 1.82) is 0 Å². The Morgan fingerprint density at radius 2 is 2.31 bits per heavy atom. The van der Waals surface area contributed by atoms with E-state index >= 15 is 0 Å². The third-order valence-electron chi connectivity index (χ3n) is 2.14. The number of H-pyrrole nitrogens is 1. The number of urea groups is 1. The summed E-state index contributed by atoms with van der Waals surface area (Å²) < 4.78 is 0. The van der Waals surface area contributed by atoms with Crippen molar-refractivity contribution >= 4 is 11.9 Å². The van der Waals surface area contributed by atoms with E-state index in [0.29, 0.717) is 6.54 Å². The van der Waals surface area contributed by atoms with Crippen molar-refractivity contribution in [3.63, 3.8) is 0 Å². The number of nitrogens with two attached hydrogens (primary N) is 1. The maximum Gasteiger partial charge on any atom is 0.312 e. The highest BCUT2D eigenvalue weighted by molar-refractivity contribution is 5.86. The molecule has 3 amide bonds. The van der Waals surface area contributed by atoms with E-state index in [-0.39, 0.29) is 5.91 Å². The summed E-state index contributed by atoms with van der Waals surface area (Å²) in [7, 11) is 0. The third-order valence-corrected chi connectivity index (χ3v) is 2.14. The van der Waals surface area contributed by atoms with Crippen LogP contribution in [-0.4, -0.2) is 28.2 Å². The molecule has 0 saturated carbocycles. The van der Waals surface area contributed by atoms with Gasteiger partial charge in [0.15, 0.2) is 0 Å². The summed E-state index contributed by atoms with van der Waals surface area (Å²) in [6.07, 6.45) is 1.64. The van der Waals surface area contributed by atoms with Gasteiger partial charge in [0.2, 0.25) is 5.91 Å². The Morgan fingerprint density at radius 3 is 2.81 bits per heavy atom. The SMILES string of the molecule is Cc1[nH]ncc1CNC(=O)C(C)NC(N)=O. The average Bonchev–Trinajstić information content (AvgIpc) is 2.59. The highest BCUT2D eigenvalue weighted by Gasteiger charge is 2.13. The van der Waals surface area contributed by atoms with Crippen molar-refractivity contribution in [1.82, 2.24) is 20.8 Å². The summed E-state index contributed by atoms with van der Waals surface area (Å²) in [4.78, 5) is 22.0. The van der Waals surface area contributed by atoms with Crippen LogP contribution in [0.1, 0.15) is 18.2 Å². The lowest BCUT2D eigenvalue weighted by Gasteiger charge is -2.11. The summed E-state index contributed by atoms with van der Waals surface area (Å²) in [5, 5.41) is 11.5. The lowest BCUT2D eigenvalue weighted by Crippen LogP contribution is -2.46. The lowest BCUT2D eigenvalue weighted by molar-refractivity contribution is -0.122. The Morgan fingerprint density at radius 1 is 1.62 bits per heavy atom. The predicted molar refractivity (Wildman–Crippen MR) is 57.4 cm³/mol. The number of hydrogen-bond donors (Lipinski definition) is 4. The molecule has 0 aromatic carbocycles. The topological polar surface area (TPSA) is 113 Å². The van der Waals surface area contributed by atoms with Gasteiger partial charge in [0.05, 0.1) is 6.20 Å². The van der Waals surface area contributed by atoms with E-state index < -0.39 is 12.1 Å². The van der Waals surface area contributed by atoms with E-state index in [4.69, 9.17) is 5.73 Å². The van der Waals surface area contributed by atoms with Gasteiger partial charge < -0.3 is 16.4 Å². The van der Waals surface area contributed by atoms with Gasteiger partial charge in [-0.05, 0) is 13.8 Å². The second kappa shape index (κ2) is 5.15. The number of nitrogens with one attached hydrogen (secondary N) is 3. The molecule has 0 spiro atoms. The zero-order chi connectivity index (χ0) is 12.1. The maximum absolute atomic E-state index is 11.5. The minimum absolute atomic E-state index is 0.292. The van der Waals surface area contributed by atoms with E-state index in [0.717, 1.165) is 11.3 Å². The molecular weight excluding hydrogens is 210 g/mol. The zero-order valence-electron chi connectivity index (χ0n) is 9.20. The molecular formula is C9H15N5O2. The summed E-state index contributed by atoms with van der Waals surface area (Å²) in [5.41, 5.74) is 6.70. The first-order chi connectivity index (χ1) is 7.50. The van der Waals surface area contributed by atoms with Crippen LogP contribution >= 0.6 is 0 Å². The largest absolute Gasteiger partial charge is 0.352 e. The Balaban J connectivity index is 2.41. The van der Waals surface area contributed by atoms with Crippen molar-refractivity contribution in [2.75, 3.05) is 0 Å². The molecule has 0 aliphatic rings. The number of carbonyl (C=O) groups is 2. The molecule has 16 heavy (non-hydrogen) atoms. The first-order valence-electron chi connectivity index (χ1n) is 4.83. The molecule has 88 valence electrons. The van der Waals surface area contributed by atoms with Gasteiger partial charge in [-0.3, -0.25) is 9.89 Å². The fraction of sp³-hybridized carbons (Fsp3) is 0.444. The van der Waals surface area contributed by atoms with Crippen molar-refractivity contribution in [3.05, 3.63) is 17.5 Å². The fourth-order valence-corrected chi connectivity index (χ4v) is 1.17. The van der Waals surface area contributed by atoms with Gasteiger partial charge in [-0.25, -0.2) is 4.79 Å². The molecule has 1 atom stereocenters. The minimum atomic E-state index is -0.720. The molecule has 1 rings (SSSR count). The number of hydrogen-bond acceptors (Lipinski definition) is 3. The predicted octanol–water partition coefficient (Wildman–Crippen LogP) is -0.609. The average molecular weight is 225 g/mol. The molecule has 0 radical (unpaired) electrons. The number of amides is 3. The molecule has 5 N–H and O–H groups in total. The quantitative estimate of drug-likeness (QED) is 0.548. The second-order valence-electron chi connectivity index (χ2n) is 3.47. The zero-order valence-corrected chi connectivity index (χ0v) is 9.20. The van der Waals surface area contributed by atoms with E-state index in [9.17, 15) is 9.59 Å². The van der Waals surface area contributed by atoms with Crippen LogP contribution in [0.3, 0.4) is 0 Å². The van der Waals surface area contributed by atoms with Crippen LogP contribution in [-0.2, 0) is 11.3 Å². The number of rotatable bonds is 4. The summed E-state index contributed by atoms with van der Waals surface area (Å²) in [6, 6.07) is -1.37. The van der Waals surface area contributed by atoms with E-state index in [1.54, 1.807) is 13.1 Å². The number of aromatic nitrogens is 2. The smallest absolute Gasteiger partial charge is 0.312 e. The van der Waals surface area contributed by atoms with Crippen LogP contribution in [0.25, 0.3) is 0 Å². The van der Waals surface area contributed by atoms with Gasteiger partial charge in [-0.15, -0.1) is 0 Å². The Labute approximate surface area is 92.8 Å². The van der Waals surface area contributed by atoms with Crippen molar-refractivity contribution in [2.24, 2.45) is 5.73 Å². The molecule has 0 aliphatic carbocycles. The first kappa shape index (κ1) is 12.0. The molecule has 1 aromatic heterocycles. The normalized spacial score (nSPS) is 11.9. The highest BCUT2D eigenvalue weighted by Crippen LogP contribution is 2.01. The maximum atomic E-state index is 11.5. The molecule has 1 unspecified atom stereocenters. The molecule has 0 aliphatic heterocycles. The van der Waals surface area contributed by atoms with Gasteiger partial charge in [-0.2, -0.15) is 5.10 Å². The van der Waals surface area contributed by atoms with Crippen LogP contribution in [0.4, 0.5) is 4.79 Å². The Bertz CT molecular complexity index is 387. The van der Waals surface area contributed by atoms with Crippen LogP contribution in [0, 0.1) is 6.92 Å². The highest BCUT2D eigenvalue weighted by atomic mass is 16.2. The summed E-state index contributed by atoms with van der Waals surface area (Å²) in [5.74, 6) is -0.292. The fourth-order valence-electron chi connectivity index (χ4n) is 1.17. The summed E-state index contributed by atoms with van der Waals surface area (Å²) in [6.45, 7) is 3.79. The standard InChI is InChI=1S/C9H15N5O2/c1-5-7(4-12-14-5)3-11-8(15)6(2)13-9(10)16/h4,6H,3H2,1-2H3,(H,11,15)(H,12,14)(H3,10,13,16). The number of primary amides is 1. The summed E-state index contributed by atoms with van der Waals surface area (Å²) >= 11 is 0. The van der Waals surface area contributed by atoms with Crippen molar-refractivity contribution in [2.45, 2.75) is 26.4 Å². The van der Waals surface area contributed by atoms with Crippen LogP contribution < -0.4 is 16.4 Å². The number of aromatic amines is 1. The Hall–Kier alpha value is -2.05. The second-order valence-corrected chi connectivity index (χ2v) is 3.47. The molecule has 7 heteroatoms. The van der Waals surface area contributed by atoms with Gasteiger partial charge in [0, 0.05) is 17.8 Å². The van der Waals surface area contributed by atoms with Crippen molar-refractivity contribution in [3.8, 4) is 0 Å². The molecule has 0 fully saturated rings. The van der Waals surface area contributed by atoms with Gasteiger partial charge in [0.1, 0.15) is 6.04 Å². The van der Waals surface area contributed by atoms with Gasteiger partial charge >= 0.3 is 6.03 Å².